The predicted octanol–water partition coefficient (Wildman–Crippen LogP) is 4.35. The van der Waals surface area contributed by atoms with Crippen molar-refractivity contribution in [3.8, 4) is 0 Å². The van der Waals surface area contributed by atoms with E-state index in [1.165, 1.54) is 11.8 Å². The first-order chi connectivity index (χ1) is 15.4. The molecule has 2 aromatic carbocycles. The number of rotatable bonds is 10. The molecule has 0 fully saturated rings. The Kier molecular flexibility index (Phi) is 8.47. The Morgan fingerprint density at radius 2 is 1.78 bits per heavy atom. The fourth-order valence-corrected chi connectivity index (χ4v) is 4.48. The third kappa shape index (κ3) is 6.20. The number of thioether (sulfide) groups is 1. The number of ether oxygens (including phenoxy) is 1. The third-order valence-corrected chi connectivity index (χ3v) is 6.15. The minimum atomic E-state index is -0.380. The minimum Gasteiger partial charge on any atom is -0.379 e. The number of aromatic nitrogens is 2. The Morgan fingerprint density at radius 3 is 2.50 bits per heavy atom. The van der Waals surface area contributed by atoms with E-state index in [1.54, 1.807) is 22.6 Å². The first-order valence-electron chi connectivity index (χ1n) is 10.9. The minimum absolute atomic E-state index is 0.00375. The molecule has 1 unspecified atom stereocenters. The molecule has 0 aliphatic rings. The fourth-order valence-electron chi connectivity index (χ4n) is 3.43. The molecule has 7 heteroatoms. The van der Waals surface area contributed by atoms with E-state index in [0.29, 0.717) is 42.2 Å². The second-order valence-corrected chi connectivity index (χ2v) is 9.39. The van der Waals surface area contributed by atoms with Crippen LogP contribution in [-0.4, -0.2) is 45.4 Å². The molecule has 32 heavy (non-hydrogen) atoms. The van der Waals surface area contributed by atoms with Gasteiger partial charge in [-0.3, -0.25) is 14.2 Å². The number of hydrogen-bond acceptors (Lipinski definition) is 5. The number of benzene rings is 2. The molecule has 1 aromatic heterocycles. The van der Waals surface area contributed by atoms with E-state index in [0.717, 1.165) is 5.56 Å². The van der Waals surface area contributed by atoms with Gasteiger partial charge in [0, 0.05) is 26.7 Å². The summed E-state index contributed by atoms with van der Waals surface area (Å²) in [5.74, 6) is -0.00375. The first kappa shape index (κ1) is 24.0. The van der Waals surface area contributed by atoms with Gasteiger partial charge in [0.05, 0.1) is 22.3 Å². The van der Waals surface area contributed by atoms with Crippen LogP contribution in [0.2, 0.25) is 0 Å². The Labute approximate surface area is 193 Å². The van der Waals surface area contributed by atoms with Crippen LogP contribution in [0.4, 0.5) is 0 Å². The van der Waals surface area contributed by atoms with E-state index in [9.17, 15) is 9.59 Å². The standard InChI is InChI=1S/C25H31N3O3S/c1-18(2)31-16-10-15-28-24(30)21-13-8-9-14-22(21)26-25(28)32-19(3)23(29)27(4)17-20-11-6-5-7-12-20/h5-9,11-14,18-19H,10,15-17H2,1-4H3. The molecule has 0 bridgehead atoms. The topological polar surface area (TPSA) is 64.4 Å². The summed E-state index contributed by atoms with van der Waals surface area (Å²) in [6, 6.07) is 17.2. The molecular weight excluding hydrogens is 422 g/mol. The van der Waals surface area contributed by atoms with Crippen molar-refractivity contribution in [1.82, 2.24) is 14.5 Å². The summed E-state index contributed by atoms with van der Waals surface area (Å²) in [7, 11) is 1.80. The molecule has 3 aromatic rings. The Hall–Kier alpha value is -2.64. The summed E-state index contributed by atoms with van der Waals surface area (Å²) in [4.78, 5) is 32.6. The Morgan fingerprint density at radius 1 is 1.09 bits per heavy atom. The molecule has 1 amide bonds. The average Bonchev–Trinajstić information content (AvgIpc) is 2.78. The number of carbonyl (C=O) groups is 1. The summed E-state index contributed by atoms with van der Waals surface area (Å²) in [6.45, 7) is 7.44. The summed E-state index contributed by atoms with van der Waals surface area (Å²) in [5, 5.41) is 0.768. The predicted molar refractivity (Wildman–Crippen MR) is 130 cm³/mol. The molecule has 170 valence electrons. The quantitative estimate of drug-likeness (QED) is 0.259. The lowest BCUT2D eigenvalue weighted by Crippen LogP contribution is -2.33. The molecule has 0 saturated heterocycles. The van der Waals surface area contributed by atoms with Gasteiger partial charge >= 0.3 is 0 Å². The van der Waals surface area contributed by atoms with Crippen LogP contribution in [0, 0.1) is 0 Å². The van der Waals surface area contributed by atoms with E-state index in [1.807, 2.05) is 69.3 Å². The molecule has 0 N–H and O–H groups in total. The highest BCUT2D eigenvalue weighted by Gasteiger charge is 2.22. The van der Waals surface area contributed by atoms with Gasteiger partial charge in [-0.1, -0.05) is 54.2 Å². The SMILES string of the molecule is CC(C)OCCCn1c(SC(C)C(=O)N(C)Cc2ccccc2)nc2ccccc2c1=O. The van der Waals surface area contributed by atoms with Gasteiger partial charge in [-0.25, -0.2) is 4.98 Å². The van der Waals surface area contributed by atoms with Crippen LogP contribution >= 0.6 is 11.8 Å². The molecular formula is C25H31N3O3S. The van der Waals surface area contributed by atoms with Crippen molar-refractivity contribution in [2.75, 3.05) is 13.7 Å². The van der Waals surface area contributed by atoms with E-state index in [-0.39, 0.29) is 22.8 Å². The summed E-state index contributed by atoms with van der Waals surface area (Å²) in [6.07, 6.45) is 0.843. The average molecular weight is 454 g/mol. The van der Waals surface area contributed by atoms with Crippen molar-refractivity contribution in [3.63, 3.8) is 0 Å². The van der Waals surface area contributed by atoms with Crippen LogP contribution in [0.5, 0.6) is 0 Å². The van der Waals surface area contributed by atoms with E-state index in [4.69, 9.17) is 9.72 Å². The van der Waals surface area contributed by atoms with E-state index < -0.39 is 0 Å². The van der Waals surface area contributed by atoms with Gasteiger partial charge in [0.1, 0.15) is 0 Å². The molecule has 0 aliphatic heterocycles. The van der Waals surface area contributed by atoms with Gasteiger partial charge in [-0.2, -0.15) is 0 Å². The molecule has 0 radical (unpaired) electrons. The van der Waals surface area contributed by atoms with Gasteiger partial charge in [-0.05, 0) is 44.9 Å². The van der Waals surface area contributed by atoms with E-state index >= 15 is 0 Å². The van der Waals surface area contributed by atoms with Crippen LogP contribution in [0.3, 0.4) is 0 Å². The van der Waals surface area contributed by atoms with Crippen molar-refractivity contribution in [2.45, 2.75) is 56.8 Å². The van der Waals surface area contributed by atoms with Crippen LogP contribution in [0.1, 0.15) is 32.8 Å². The lowest BCUT2D eigenvalue weighted by molar-refractivity contribution is -0.129. The number of fused-ring (bicyclic) bond motifs is 1. The van der Waals surface area contributed by atoms with Gasteiger partial charge in [-0.15, -0.1) is 0 Å². The van der Waals surface area contributed by atoms with Crippen LogP contribution < -0.4 is 5.56 Å². The van der Waals surface area contributed by atoms with Gasteiger partial charge in [0.15, 0.2) is 5.16 Å². The third-order valence-electron chi connectivity index (χ3n) is 5.07. The maximum Gasteiger partial charge on any atom is 0.262 e. The lowest BCUT2D eigenvalue weighted by Gasteiger charge is -2.22. The van der Waals surface area contributed by atoms with Crippen LogP contribution in [0.25, 0.3) is 10.9 Å². The normalized spacial score (nSPS) is 12.3. The van der Waals surface area contributed by atoms with Gasteiger partial charge < -0.3 is 9.64 Å². The second kappa shape index (κ2) is 11.3. The number of nitrogens with zero attached hydrogens (tertiary/aromatic N) is 3. The lowest BCUT2D eigenvalue weighted by atomic mass is 10.2. The summed E-state index contributed by atoms with van der Waals surface area (Å²) < 4.78 is 7.31. The molecule has 0 aliphatic carbocycles. The highest BCUT2D eigenvalue weighted by Crippen LogP contribution is 2.24. The highest BCUT2D eigenvalue weighted by atomic mass is 32.2. The molecule has 6 nitrogen and oxygen atoms in total. The Bertz CT molecular complexity index is 1100. The Balaban J connectivity index is 1.80. The van der Waals surface area contributed by atoms with Gasteiger partial charge in [0.25, 0.3) is 5.56 Å². The fraction of sp³-hybridized carbons (Fsp3) is 0.400. The van der Waals surface area contributed by atoms with Crippen LogP contribution in [-0.2, 0) is 22.6 Å². The van der Waals surface area contributed by atoms with Crippen molar-refractivity contribution in [3.05, 3.63) is 70.5 Å². The summed E-state index contributed by atoms with van der Waals surface area (Å²) in [5.41, 5.74) is 1.64. The van der Waals surface area contributed by atoms with Crippen molar-refractivity contribution < 1.29 is 9.53 Å². The second-order valence-electron chi connectivity index (χ2n) is 8.08. The highest BCUT2D eigenvalue weighted by molar-refractivity contribution is 8.00. The number of carbonyl (C=O) groups excluding carboxylic acids is 1. The van der Waals surface area contributed by atoms with Crippen molar-refractivity contribution in [2.24, 2.45) is 0 Å². The summed E-state index contributed by atoms with van der Waals surface area (Å²) >= 11 is 1.33. The monoisotopic (exact) mass is 453 g/mol. The molecule has 3 rings (SSSR count). The zero-order valence-corrected chi connectivity index (χ0v) is 20.0. The largest absolute Gasteiger partial charge is 0.379 e. The maximum atomic E-state index is 13.2. The smallest absolute Gasteiger partial charge is 0.262 e. The van der Waals surface area contributed by atoms with Crippen molar-refractivity contribution in [1.29, 1.82) is 0 Å². The molecule has 0 spiro atoms. The van der Waals surface area contributed by atoms with Crippen LogP contribution in [0.15, 0.2) is 64.5 Å². The van der Waals surface area contributed by atoms with E-state index in [2.05, 4.69) is 0 Å². The number of hydrogen-bond donors (Lipinski definition) is 0. The maximum absolute atomic E-state index is 13.2. The molecule has 0 saturated carbocycles. The van der Waals surface area contributed by atoms with Crippen molar-refractivity contribution >= 4 is 28.6 Å². The molecule has 1 heterocycles. The molecule has 1 atom stereocenters. The number of para-hydroxylation sites is 1. The zero-order chi connectivity index (χ0) is 23.1. The first-order valence-corrected chi connectivity index (χ1v) is 11.8. The van der Waals surface area contributed by atoms with Gasteiger partial charge in [0.2, 0.25) is 5.91 Å². The zero-order valence-electron chi connectivity index (χ0n) is 19.2. The number of amides is 1.